The van der Waals surface area contributed by atoms with Gasteiger partial charge in [-0.25, -0.2) is 5.21 Å². The van der Waals surface area contributed by atoms with Gasteiger partial charge in [-0.1, -0.05) is 12.1 Å². The van der Waals surface area contributed by atoms with Gasteiger partial charge < -0.3 is 0 Å². The maximum atomic E-state index is 10.9. The Hall–Kier alpha value is -1.71. The predicted molar refractivity (Wildman–Crippen MR) is 41.5 cm³/mol. The van der Waals surface area contributed by atoms with Crippen LogP contribution < -0.4 is 0 Å². The Bertz CT molecular complexity index is 300. The molecular weight excluding hydrogens is 158 g/mol. The molecule has 1 aromatic rings. The number of carbonyl (C=O) groups excluding carboxylic acids is 1. The zero-order valence-corrected chi connectivity index (χ0v) is 6.52. The Morgan fingerprint density at radius 3 is 2.42 bits per heavy atom. The molecule has 1 N–H and O–H groups in total. The summed E-state index contributed by atoms with van der Waals surface area (Å²) in [5, 5.41) is 8.58. The molecule has 12 heavy (non-hydrogen) atoms. The fraction of sp³-hybridized carbons (Fsp3) is 0.125. The number of carbonyl (C=O) groups is 1. The molecule has 4 nitrogen and oxygen atoms in total. The van der Waals surface area contributed by atoms with Crippen molar-refractivity contribution in [2.45, 2.75) is 6.92 Å². The number of benzene rings is 1. The van der Waals surface area contributed by atoms with E-state index in [9.17, 15) is 9.70 Å². The van der Waals surface area contributed by atoms with Crippen LogP contribution in [0.4, 0.5) is 5.69 Å². The molecule has 0 fully saturated rings. The minimum atomic E-state index is -0.309. The van der Waals surface area contributed by atoms with Crippen LogP contribution in [0.25, 0.3) is 0 Å². The van der Waals surface area contributed by atoms with Gasteiger partial charge in [0, 0.05) is 6.07 Å². The van der Waals surface area contributed by atoms with E-state index in [4.69, 9.17) is 5.21 Å². The molecule has 0 unspecified atom stereocenters. The average Bonchev–Trinajstić information content (AvgIpc) is 2.04. The first-order chi connectivity index (χ1) is 5.63. The second-order valence-electron chi connectivity index (χ2n) is 2.35. The van der Waals surface area contributed by atoms with Gasteiger partial charge in [-0.15, -0.1) is 0 Å². The standard InChI is InChI=1S/C8H8NO3/c1-6(10)7-4-2-3-5-8(7)9(11)12/h2-5H,1H3,(H,11,12)/q+1. The molecule has 0 radical (unpaired) electrons. The van der Waals surface area contributed by atoms with E-state index in [1.54, 1.807) is 12.1 Å². The van der Waals surface area contributed by atoms with Gasteiger partial charge in [0.2, 0.25) is 0 Å². The van der Waals surface area contributed by atoms with Crippen LogP contribution in [-0.2, 0) is 0 Å². The highest BCUT2D eigenvalue weighted by molar-refractivity contribution is 5.97. The molecule has 0 spiro atoms. The molecular formula is C8H8NO3+. The van der Waals surface area contributed by atoms with Gasteiger partial charge in [-0.2, -0.15) is 0 Å². The van der Waals surface area contributed by atoms with E-state index >= 15 is 0 Å². The lowest BCUT2D eigenvalue weighted by molar-refractivity contribution is -0.729. The lowest BCUT2D eigenvalue weighted by atomic mass is 10.1. The van der Waals surface area contributed by atoms with Crippen molar-refractivity contribution in [3.05, 3.63) is 34.7 Å². The van der Waals surface area contributed by atoms with Crippen LogP contribution in [0.1, 0.15) is 17.3 Å². The molecule has 0 amide bonds. The fourth-order valence-electron chi connectivity index (χ4n) is 0.938. The number of hydrogen-bond acceptors (Lipinski definition) is 2. The van der Waals surface area contributed by atoms with E-state index in [2.05, 4.69) is 0 Å². The molecule has 0 atom stereocenters. The maximum absolute atomic E-state index is 10.9. The van der Waals surface area contributed by atoms with Gasteiger partial charge in [-0.05, 0) is 13.0 Å². The minimum absolute atomic E-state index is 0.0231. The molecule has 62 valence electrons. The summed E-state index contributed by atoms with van der Waals surface area (Å²) in [6.07, 6.45) is 0. The highest BCUT2D eigenvalue weighted by Gasteiger charge is 2.19. The Labute approximate surface area is 69.0 Å². The molecule has 0 aromatic heterocycles. The highest BCUT2D eigenvalue weighted by Crippen LogP contribution is 2.16. The van der Waals surface area contributed by atoms with Crippen molar-refractivity contribution >= 4 is 11.5 Å². The molecule has 0 aliphatic carbocycles. The third-order valence-corrected chi connectivity index (χ3v) is 1.49. The van der Waals surface area contributed by atoms with Crippen LogP contribution in [0.3, 0.4) is 0 Å². The molecule has 1 aromatic carbocycles. The molecule has 0 aliphatic heterocycles. The first-order valence-corrected chi connectivity index (χ1v) is 3.39. The van der Waals surface area contributed by atoms with Crippen molar-refractivity contribution in [3.63, 3.8) is 0 Å². The van der Waals surface area contributed by atoms with E-state index in [0.29, 0.717) is 0 Å². The zero-order chi connectivity index (χ0) is 9.14. The summed E-state index contributed by atoms with van der Waals surface area (Å²) in [5.41, 5.74) is 0.194. The molecule has 0 saturated heterocycles. The molecule has 0 bridgehead atoms. The van der Waals surface area contributed by atoms with Crippen molar-refractivity contribution < 1.29 is 14.9 Å². The maximum Gasteiger partial charge on any atom is 0.327 e. The van der Waals surface area contributed by atoms with Gasteiger partial charge >= 0.3 is 5.69 Å². The number of para-hydroxylation sites is 1. The lowest BCUT2D eigenvalue weighted by Gasteiger charge is -1.92. The molecule has 0 saturated carbocycles. The third-order valence-electron chi connectivity index (χ3n) is 1.49. The summed E-state index contributed by atoms with van der Waals surface area (Å²) in [7, 11) is 0. The normalized spacial score (nSPS) is 9.42. The monoisotopic (exact) mass is 166 g/mol. The largest absolute Gasteiger partial charge is 0.327 e. The number of Topliss-reactive ketones (excluding diaryl/α,β-unsaturated/α-hetero) is 1. The van der Waals surface area contributed by atoms with Crippen molar-refractivity contribution in [2.75, 3.05) is 0 Å². The van der Waals surface area contributed by atoms with Crippen LogP contribution in [0.15, 0.2) is 24.3 Å². The molecule has 0 heterocycles. The van der Waals surface area contributed by atoms with Crippen LogP contribution in [0.2, 0.25) is 0 Å². The van der Waals surface area contributed by atoms with Crippen molar-refractivity contribution in [1.29, 1.82) is 0 Å². The van der Waals surface area contributed by atoms with Crippen molar-refractivity contribution in [1.82, 2.24) is 0 Å². The van der Waals surface area contributed by atoms with Crippen molar-refractivity contribution in [3.8, 4) is 0 Å². The van der Waals surface area contributed by atoms with E-state index in [-0.39, 0.29) is 22.0 Å². The Balaban J connectivity index is 3.27. The van der Waals surface area contributed by atoms with E-state index in [0.717, 1.165) is 0 Å². The summed E-state index contributed by atoms with van der Waals surface area (Å²) in [5.74, 6) is -0.250. The SMILES string of the molecule is CC(=O)c1ccccc1[N+](=O)O. The summed E-state index contributed by atoms with van der Waals surface area (Å²) in [6, 6.07) is 6.06. The number of rotatable bonds is 2. The second kappa shape index (κ2) is 3.13. The van der Waals surface area contributed by atoms with Gasteiger partial charge in [0.25, 0.3) is 4.92 Å². The lowest BCUT2D eigenvalue weighted by Crippen LogP contribution is -2.00. The number of ketones is 1. The average molecular weight is 166 g/mol. The predicted octanol–water partition coefficient (Wildman–Crippen LogP) is 1.69. The Kier molecular flexibility index (Phi) is 2.19. The summed E-state index contributed by atoms with van der Waals surface area (Å²) in [4.78, 5) is 21.1. The van der Waals surface area contributed by atoms with E-state index in [1.165, 1.54) is 19.1 Å². The summed E-state index contributed by atoms with van der Waals surface area (Å²) < 4.78 is 0. The molecule has 0 aliphatic rings. The third kappa shape index (κ3) is 1.47. The topological polar surface area (TPSA) is 57.4 Å². The highest BCUT2D eigenvalue weighted by atomic mass is 16.6. The first-order valence-electron chi connectivity index (χ1n) is 3.39. The smallest absolute Gasteiger partial charge is 0.294 e. The molecule has 1 rings (SSSR count). The van der Waals surface area contributed by atoms with Gasteiger partial charge in [0.05, 0.1) is 10.5 Å². The summed E-state index contributed by atoms with van der Waals surface area (Å²) in [6.45, 7) is 1.34. The molecule has 4 heteroatoms. The number of nitrogens with zero attached hydrogens (tertiary/aromatic N) is 1. The van der Waals surface area contributed by atoms with E-state index < -0.39 is 0 Å². The van der Waals surface area contributed by atoms with Gasteiger partial charge in [0.1, 0.15) is 0 Å². The number of hydrogen-bond donors (Lipinski definition) is 1. The first kappa shape index (κ1) is 8.39. The fourth-order valence-corrected chi connectivity index (χ4v) is 0.938. The Morgan fingerprint density at radius 2 is 2.00 bits per heavy atom. The van der Waals surface area contributed by atoms with E-state index in [1.807, 2.05) is 0 Å². The van der Waals surface area contributed by atoms with Crippen molar-refractivity contribution in [2.24, 2.45) is 0 Å². The second-order valence-corrected chi connectivity index (χ2v) is 2.35. The van der Waals surface area contributed by atoms with Crippen LogP contribution in [0, 0.1) is 4.91 Å². The zero-order valence-electron chi connectivity index (χ0n) is 6.52. The Morgan fingerprint density at radius 1 is 1.42 bits per heavy atom. The minimum Gasteiger partial charge on any atom is -0.294 e. The summed E-state index contributed by atoms with van der Waals surface area (Å²) >= 11 is 0. The quantitative estimate of drug-likeness (QED) is 0.537. The van der Waals surface area contributed by atoms with Crippen LogP contribution in [-0.4, -0.2) is 15.9 Å². The van der Waals surface area contributed by atoms with Gasteiger partial charge in [0.15, 0.2) is 5.78 Å². The van der Waals surface area contributed by atoms with Crippen LogP contribution >= 0.6 is 0 Å². The van der Waals surface area contributed by atoms with Gasteiger partial charge in [-0.3, -0.25) is 4.79 Å². The van der Waals surface area contributed by atoms with Crippen LogP contribution in [0.5, 0.6) is 0 Å².